The van der Waals surface area contributed by atoms with Crippen LogP contribution in [0.3, 0.4) is 0 Å². The molecule has 1 N–H and O–H groups in total. The third-order valence-electron chi connectivity index (χ3n) is 3.96. The largest absolute Gasteiger partial charge is 0.345 e. The van der Waals surface area contributed by atoms with Crippen molar-refractivity contribution in [1.29, 1.82) is 0 Å². The fourth-order valence-electron chi connectivity index (χ4n) is 2.31. The molecule has 24 heavy (non-hydrogen) atoms. The standard InChI is InChI=1S/C17H22N2O3S2/c1-11-9-14(10-16(12(11)2)24(21,22)19(4)5)17(20)18-13(3)15-7-6-8-23-15/h6-10,13H,1-5H3,(H,18,20)/t13-/m1/s1. The highest BCUT2D eigenvalue weighted by molar-refractivity contribution is 7.89. The molecule has 1 amide bonds. The van der Waals surface area contributed by atoms with Gasteiger partial charge in [0.15, 0.2) is 0 Å². The Hall–Kier alpha value is -1.70. The van der Waals surface area contributed by atoms with Crippen LogP contribution in [0.2, 0.25) is 0 Å². The summed E-state index contributed by atoms with van der Waals surface area (Å²) in [6, 6.07) is 6.93. The minimum atomic E-state index is -3.60. The molecule has 1 aromatic carbocycles. The summed E-state index contributed by atoms with van der Waals surface area (Å²) in [4.78, 5) is 13.8. The number of thiophene rings is 1. The van der Waals surface area contributed by atoms with Crippen LogP contribution in [0.25, 0.3) is 0 Å². The van der Waals surface area contributed by atoms with Gasteiger partial charge in [-0.1, -0.05) is 6.07 Å². The molecule has 1 heterocycles. The van der Waals surface area contributed by atoms with E-state index >= 15 is 0 Å². The third kappa shape index (κ3) is 3.68. The van der Waals surface area contributed by atoms with Crippen LogP contribution < -0.4 is 5.32 Å². The molecule has 2 rings (SSSR count). The molecule has 7 heteroatoms. The second-order valence-electron chi connectivity index (χ2n) is 5.91. The Kier molecular flexibility index (Phi) is 5.47. The second-order valence-corrected chi connectivity index (χ2v) is 9.01. The Morgan fingerprint density at radius 1 is 1.25 bits per heavy atom. The Labute approximate surface area is 147 Å². The predicted molar refractivity (Wildman–Crippen MR) is 97.0 cm³/mol. The number of aryl methyl sites for hydroxylation is 1. The minimum Gasteiger partial charge on any atom is -0.345 e. The number of carbonyl (C=O) groups is 1. The Bertz CT molecular complexity index is 841. The molecule has 0 aliphatic heterocycles. The molecule has 1 aromatic heterocycles. The SMILES string of the molecule is Cc1cc(C(=O)N[C@H](C)c2cccs2)cc(S(=O)(=O)N(C)C)c1C. The maximum absolute atomic E-state index is 12.5. The zero-order valence-corrected chi connectivity index (χ0v) is 16.1. The summed E-state index contributed by atoms with van der Waals surface area (Å²) in [5.74, 6) is -0.283. The van der Waals surface area contributed by atoms with Crippen molar-refractivity contribution in [3.8, 4) is 0 Å². The maximum Gasteiger partial charge on any atom is 0.251 e. The number of carbonyl (C=O) groups excluding carboxylic acids is 1. The van der Waals surface area contributed by atoms with E-state index in [2.05, 4.69) is 5.32 Å². The van der Waals surface area contributed by atoms with Gasteiger partial charge < -0.3 is 5.32 Å². The first-order valence-corrected chi connectivity index (χ1v) is 9.84. The fraction of sp³-hybridized carbons (Fsp3) is 0.353. The van der Waals surface area contributed by atoms with Gasteiger partial charge in [-0.15, -0.1) is 11.3 Å². The molecule has 5 nitrogen and oxygen atoms in total. The summed E-state index contributed by atoms with van der Waals surface area (Å²) in [7, 11) is -0.639. The van der Waals surface area contributed by atoms with Gasteiger partial charge in [-0.3, -0.25) is 4.79 Å². The molecule has 0 saturated heterocycles. The summed E-state index contributed by atoms with van der Waals surface area (Å²) < 4.78 is 26.1. The first-order chi connectivity index (χ1) is 11.1. The van der Waals surface area contributed by atoms with E-state index in [-0.39, 0.29) is 16.8 Å². The predicted octanol–water partition coefficient (Wildman–Crippen LogP) is 3.11. The van der Waals surface area contributed by atoms with Crippen molar-refractivity contribution >= 4 is 27.3 Å². The van der Waals surface area contributed by atoms with Crippen molar-refractivity contribution in [3.63, 3.8) is 0 Å². The van der Waals surface area contributed by atoms with Gasteiger partial charge in [0.05, 0.1) is 10.9 Å². The van der Waals surface area contributed by atoms with Crippen molar-refractivity contribution in [2.24, 2.45) is 0 Å². The second kappa shape index (κ2) is 7.04. The fourth-order valence-corrected chi connectivity index (χ4v) is 4.26. The highest BCUT2D eigenvalue weighted by atomic mass is 32.2. The lowest BCUT2D eigenvalue weighted by Crippen LogP contribution is -2.27. The zero-order chi connectivity index (χ0) is 18.1. The van der Waals surface area contributed by atoms with E-state index in [1.54, 1.807) is 24.3 Å². The maximum atomic E-state index is 12.5. The molecule has 0 aliphatic carbocycles. The number of nitrogens with zero attached hydrogens (tertiary/aromatic N) is 1. The summed E-state index contributed by atoms with van der Waals surface area (Å²) in [5, 5.41) is 4.87. The van der Waals surface area contributed by atoms with Gasteiger partial charge in [-0.2, -0.15) is 0 Å². The average Bonchev–Trinajstić information content (AvgIpc) is 3.03. The van der Waals surface area contributed by atoms with Gasteiger partial charge >= 0.3 is 0 Å². The monoisotopic (exact) mass is 366 g/mol. The van der Waals surface area contributed by atoms with Gasteiger partial charge in [-0.05, 0) is 55.5 Å². The van der Waals surface area contributed by atoms with Crippen molar-refractivity contribution < 1.29 is 13.2 Å². The summed E-state index contributed by atoms with van der Waals surface area (Å²) in [5.41, 5.74) is 1.78. The van der Waals surface area contributed by atoms with Crippen molar-refractivity contribution in [3.05, 3.63) is 51.2 Å². The molecule has 0 aliphatic rings. The molecule has 1 atom stereocenters. The van der Waals surface area contributed by atoms with Crippen molar-refractivity contribution in [1.82, 2.24) is 9.62 Å². The quantitative estimate of drug-likeness (QED) is 0.884. The number of nitrogens with one attached hydrogen (secondary N) is 1. The van der Waals surface area contributed by atoms with E-state index in [0.717, 1.165) is 14.7 Å². The average molecular weight is 367 g/mol. The molecular weight excluding hydrogens is 344 g/mol. The van der Waals surface area contributed by atoms with E-state index in [9.17, 15) is 13.2 Å². The number of sulfonamides is 1. The molecule has 0 fully saturated rings. The Balaban J connectivity index is 2.38. The molecule has 0 spiro atoms. The summed E-state index contributed by atoms with van der Waals surface area (Å²) in [6.07, 6.45) is 0. The first kappa shape index (κ1) is 18.6. The van der Waals surface area contributed by atoms with E-state index in [1.807, 2.05) is 31.4 Å². The molecule has 0 unspecified atom stereocenters. The van der Waals surface area contributed by atoms with Crippen LogP contribution in [-0.2, 0) is 10.0 Å². The van der Waals surface area contributed by atoms with Crippen LogP contribution in [0.1, 0.15) is 39.3 Å². The molecule has 0 saturated carbocycles. The van der Waals surface area contributed by atoms with Crippen LogP contribution in [0.4, 0.5) is 0 Å². The number of amides is 1. The number of rotatable bonds is 5. The lowest BCUT2D eigenvalue weighted by Gasteiger charge is -2.17. The van der Waals surface area contributed by atoms with Gasteiger partial charge in [0.1, 0.15) is 0 Å². The third-order valence-corrected chi connectivity index (χ3v) is 6.95. The van der Waals surface area contributed by atoms with E-state index in [1.165, 1.54) is 20.2 Å². The summed E-state index contributed by atoms with van der Waals surface area (Å²) in [6.45, 7) is 5.47. The summed E-state index contributed by atoms with van der Waals surface area (Å²) >= 11 is 1.57. The normalized spacial score (nSPS) is 13.1. The Morgan fingerprint density at radius 3 is 2.46 bits per heavy atom. The van der Waals surface area contributed by atoms with Crippen LogP contribution in [0, 0.1) is 13.8 Å². The van der Waals surface area contributed by atoms with Crippen molar-refractivity contribution in [2.75, 3.05) is 14.1 Å². The lowest BCUT2D eigenvalue weighted by molar-refractivity contribution is 0.0940. The lowest BCUT2D eigenvalue weighted by atomic mass is 10.1. The van der Waals surface area contributed by atoms with Gasteiger partial charge in [-0.25, -0.2) is 12.7 Å². The smallest absolute Gasteiger partial charge is 0.251 e. The minimum absolute atomic E-state index is 0.131. The molecule has 130 valence electrons. The van der Waals surface area contributed by atoms with E-state index < -0.39 is 10.0 Å². The van der Waals surface area contributed by atoms with Gasteiger partial charge in [0.25, 0.3) is 5.91 Å². The zero-order valence-electron chi connectivity index (χ0n) is 14.5. The van der Waals surface area contributed by atoms with Crippen LogP contribution >= 0.6 is 11.3 Å². The number of hydrogen-bond acceptors (Lipinski definition) is 4. The van der Waals surface area contributed by atoms with E-state index in [4.69, 9.17) is 0 Å². The highest BCUT2D eigenvalue weighted by Crippen LogP contribution is 2.24. The van der Waals surface area contributed by atoms with E-state index in [0.29, 0.717) is 11.1 Å². The molecule has 0 bridgehead atoms. The van der Waals surface area contributed by atoms with Gasteiger partial charge in [0, 0.05) is 24.5 Å². The highest BCUT2D eigenvalue weighted by Gasteiger charge is 2.23. The Morgan fingerprint density at radius 2 is 1.92 bits per heavy atom. The molecule has 2 aromatic rings. The first-order valence-electron chi connectivity index (χ1n) is 7.52. The molecule has 0 radical (unpaired) electrons. The number of hydrogen-bond donors (Lipinski definition) is 1. The molecular formula is C17H22N2O3S2. The van der Waals surface area contributed by atoms with Crippen LogP contribution in [0.5, 0.6) is 0 Å². The number of benzene rings is 1. The topological polar surface area (TPSA) is 66.5 Å². The van der Waals surface area contributed by atoms with Crippen molar-refractivity contribution in [2.45, 2.75) is 31.7 Å². The van der Waals surface area contributed by atoms with Gasteiger partial charge in [0.2, 0.25) is 10.0 Å². The van der Waals surface area contributed by atoms with Crippen LogP contribution in [-0.4, -0.2) is 32.7 Å². The van der Waals surface area contributed by atoms with Crippen LogP contribution in [0.15, 0.2) is 34.5 Å².